The van der Waals surface area contributed by atoms with Gasteiger partial charge in [-0.3, -0.25) is 0 Å². The molecule has 0 saturated heterocycles. The Labute approximate surface area is 106 Å². The summed E-state index contributed by atoms with van der Waals surface area (Å²) >= 11 is 1.50. The van der Waals surface area contributed by atoms with Gasteiger partial charge in [-0.25, -0.2) is 14.5 Å². The number of rotatable bonds is 2. The second-order valence-electron chi connectivity index (χ2n) is 3.73. The number of fused-ring (bicyclic) bond motifs is 1. The highest BCUT2D eigenvalue weighted by atomic mass is 32.1. The molecule has 0 saturated carbocycles. The summed E-state index contributed by atoms with van der Waals surface area (Å²) in [7, 11) is 0. The van der Waals surface area contributed by atoms with E-state index in [0.29, 0.717) is 11.6 Å². The standard InChI is InChI=1S/C11H8N4O2S/c1-6-8(10(16)17)5-15(14-6)11-12-4-7-2-3-18-9(7)13-11/h2-5H,1H3,(H,16,17). The second-order valence-corrected chi connectivity index (χ2v) is 4.62. The lowest BCUT2D eigenvalue weighted by atomic mass is 10.3. The summed E-state index contributed by atoms with van der Waals surface area (Å²) in [4.78, 5) is 20.3. The summed E-state index contributed by atoms with van der Waals surface area (Å²) in [6.45, 7) is 1.64. The Kier molecular flexibility index (Phi) is 2.34. The quantitative estimate of drug-likeness (QED) is 0.760. The molecule has 90 valence electrons. The first-order chi connectivity index (χ1) is 8.65. The molecular formula is C11H8N4O2S. The molecule has 18 heavy (non-hydrogen) atoms. The van der Waals surface area contributed by atoms with Crippen LogP contribution in [0.1, 0.15) is 16.1 Å². The molecule has 0 amide bonds. The molecule has 0 fully saturated rings. The van der Waals surface area contributed by atoms with Gasteiger partial charge in [-0.15, -0.1) is 11.3 Å². The molecule has 7 heteroatoms. The van der Waals surface area contributed by atoms with E-state index in [4.69, 9.17) is 5.11 Å². The molecule has 0 bridgehead atoms. The monoisotopic (exact) mass is 260 g/mol. The molecule has 3 aromatic rings. The minimum atomic E-state index is -1.00. The molecular weight excluding hydrogens is 252 g/mol. The largest absolute Gasteiger partial charge is 0.478 e. The predicted molar refractivity (Wildman–Crippen MR) is 66.2 cm³/mol. The highest BCUT2D eigenvalue weighted by Gasteiger charge is 2.14. The van der Waals surface area contributed by atoms with Crippen molar-refractivity contribution in [2.24, 2.45) is 0 Å². The van der Waals surface area contributed by atoms with E-state index in [1.54, 1.807) is 13.1 Å². The molecule has 0 spiro atoms. The molecule has 0 aliphatic rings. The summed E-state index contributed by atoms with van der Waals surface area (Å²) in [6, 6.07) is 1.93. The van der Waals surface area contributed by atoms with Crippen molar-refractivity contribution in [2.75, 3.05) is 0 Å². The van der Waals surface area contributed by atoms with Gasteiger partial charge >= 0.3 is 5.97 Å². The molecule has 3 aromatic heterocycles. The zero-order valence-electron chi connectivity index (χ0n) is 9.36. The van der Waals surface area contributed by atoms with Gasteiger partial charge in [-0.1, -0.05) is 0 Å². The van der Waals surface area contributed by atoms with E-state index >= 15 is 0 Å². The van der Waals surface area contributed by atoms with Crippen molar-refractivity contribution in [1.29, 1.82) is 0 Å². The minimum absolute atomic E-state index is 0.157. The number of hydrogen-bond donors (Lipinski definition) is 1. The van der Waals surface area contributed by atoms with Crippen molar-refractivity contribution in [3.05, 3.63) is 35.1 Å². The fourth-order valence-electron chi connectivity index (χ4n) is 1.63. The van der Waals surface area contributed by atoms with E-state index in [0.717, 1.165) is 10.2 Å². The average Bonchev–Trinajstić information content (AvgIpc) is 2.93. The van der Waals surface area contributed by atoms with E-state index in [-0.39, 0.29) is 5.56 Å². The molecule has 3 heterocycles. The van der Waals surface area contributed by atoms with Gasteiger partial charge in [0.05, 0.1) is 5.69 Å². The van der Waals surface area contributed by atoms with Crippen LogP contribution in [0.4, 0.5) is 0 Å². The van der Waals surface area contributed by atoms with Crippen molar-refractivity contribution in [3.63, 3.8) is 0 Å². The topological polar surface area (TPSA) is 80.9 Å². The van der Waals surface area contributed by atoms with Gasteiger partial charge in [0, 0.05) is 17.8 Å². The van der Waals surface area contributed by atoms with Crippen LogP contribution < -0.4 is 0 Å². The first kappa shape index (κ1) is 10.8. The Bertz CT molecular complexity index is 746. The fourth-order valence-corrected chi connectivity index (χ4v) is 2.36. The Balaban J connectivity index is 2.13. The zero-order chi connectivity index (χ0) is 12.7. The van der Waals surface area contributed by atoms with Gasteiger partial charge in [0.15, 0.2) is 0 Å². The summed E-state index contributed by atoms with van der Waals surface area (Å²) < 4.78 is 1.39. The van der Waals surface area contributed by atoms with Gasteiger partial charge < -0.3 is 5.11 Å². The maximum atomic E-state index is 10.9. The molecule has 0 unspecified atom stereocenters. The second kappa shape index (κ2) is 3.88. The van der Waals surface area contributed by atoms with E-state index in [1.807, 2.05) is 11.4 Å². The zero-order valence-corrected chi connectivity index (χ0v) is 10.2. The van der Waals surface area contributed by atoms with Crippen LogP contribution in [0, 0.1) is 6.92 Å². The van der Waals surface area contributed by atoms with Gasteiger partial charge in [-0.2, -0.15) is 10.1 Å². The number of thiophene rings is 1. The lowest BCUT2D eigenvalue weighted by Crippen LogP contribution is -2.01. The summed E-state index contributed by atoms with van der Waals surface area (Å²) in [5, 5.41) is 16.0. The van der Waals surface area contributed by atoms with Crippen LogP contribution in [0.3, 0.4) is 0 Å². The van der Waals surface area contributed by atoms with Crippen LogP contribution in [0.25, 0.3) is 16.2 Å². The third kappa shape index (κ3) is 1.65. The van der Waals surface area contributed by atoms with E-state index in [9.17, 15) is 4.79 Å². The molecule has 0 aromatic carbocycles. The number of carboxylic acids is 1. The van der Waals surface area contributed by atoms with Crippen LogP contribution in [0.2, 0.25) is 0 Å². The lowest BCUT2D eigenvalue weighted by Gasteiger charge is -1.97. The van der Waals surface area contributed by atoms with Gasteiger partial charge in [0.1, 0.15) is 10.4 Å². The van der Waals surface area contributed by atoms with Crippen molar-refractivity contribution < 1.29 is 9.90 Å². The lowest BCUT2D eigenvalue weighted by molar-refractivity contribution is 0.0696. The number of aromatic carboxylic acids is 1. The molecule has 0 aliphatic carbocycles. The predicted octanol–water partition coefficient (Wildman–Crippen LogP) is 1.88. The van der Waals surface area contributed by atoms with Crippen LogP contribution in [-0.4, -0.2) is 30.8 Å². The van der Waals surface area contributed by atoms with E-state index < -0.39 is 5.97 Å². The molecule has 0 atom stereocenters. The number of hydrogen-bond acceptors (Lipinski definition) is 5. The first-order valence-corrected chi connectivity index (χ1v) is 6.03. The average molecular weight is 260 g/mol. The van der Waals surface area contributed by atoms with Crippen molar-refractivity contribution in [3.8, 4) is 5.95 Å². The van der Waals surface area contributed by atoms with Crippen LogP contribution in [0.5, 0.6) is 0 Å². The smallest absolute Gasteiger partial charge is 0.339 e. The normalized spacial score (nSPS) is 10.9. The van der Waals surface area contributed by atoms with Crippen molar-refractivity contribution >= 4 is 27.5 Å². The molecule has 0 radical (unpaired) electrons. The summed E-state index contributed by atoms with van der Waals surface area (Å²) in [6.07, 6.45) is 3.12. The fraction of sp³-hybridized carbons (Fsp3) is 0.0909. The van der Waals surface area contributed by atoms with Crippen LogP contribution in [-0.2, 0) is 0 Å². The molecule has 3 rings (SSSR count). The van der Waals surface area contributed by atoms with Gasteiger partial charge in [0.25, 0.3) is 5.95 Å². The maximum absolute atomic E-state index is 10.9. The third-order valence-corrected chi connectivity index (χ3v) is 3.35. The van der Waals surface area contributed by atoms with Crippen LogP contribution >= 0.6 is 11.3 Å². The Morgan fingerprint density at radius 3 is 3.06 bits per heavy atom. The minimum Gasteiger partial charge on any atom is -0.478 e. The highest BCUT2D eigenvalue weighted by molar-refractivity contribution is 7.16. The third-order valence-electron chi connectivity index (χ3n) is 2.53. The molecule has 0 aliphatic heterocycles. The highest BCUT2D eigenvalue weighted by Crippen LogP contribution is 2.18. The van der Waals surface area contributed by atoms with Crippen LogP contribution in [0.15, 0.2) is 23.8 Å². The number of carbonyl (C=O) groups is 1. The number of aromatic nitrogens is 4. The molecule has 6 nitrogen and oxygen atoms in total. The number of carboxylic acid groups (broad SMARTS) is 1. The van der Waals surface area contributed by atoms with Gasteiger partial charge in [-0.05, 0) is 18.4 Å². The molecule has 1 N–H and O–H groups in total. The summed E-state index contributed by atoms with van der Waals surface area (Å²) in [5.41, 5.74) is 0.599. The Morgan fingerprint density at radius 2 is 2.33 bits per heavy atom. The van der Waals surface area contributed by atoms with Gasteiger partial charge in [0.2, 0.25) is 0 Å². The number of nitrogens with zero attached hydrogens (tertiary/aromatic N) is 4. The Morgan fingerprint density at radius 1 is 1.50 bits per heavy atom. The number of aryl methyl sites for hydroxylation is 1. The Hall–Kier alpha value is -2.28. The first-order valence-electron chi connectivity index (χ1n) is 5.15. The van der Waals surface area contributed by atoms with E-state index in [1.165, 1.54) is 22.2 Å². The SMILES string of the molecule is Cc1nn(-c2ncc3ccsc3n2)cc1C(=O)O. The van der Waals surface area contributed by atoms with Crippen molar-refractivity contribution in [1.82, 2.24) is 19.7 Å². The maximum Gasteiger partial charge on any atom is 0.339 e. The van der Waals surface area contributed by atoms with Crippen molar-refractivity contribution in [2.45, 2.75) is 6.92 Å². The summed E-state index contributed by atoms with van der Waals surface area (Å²) in [5.74, 6) is -0.628. The van der Waals surface area contributed by atoms with E-state index in [2.05, 4.69) is 15.1 Å².